The van der Waals surface area contributed by atoms with Gasteiger partial charge in [-0.05, 0) is 163 Å². The van der Waals surface area contributed by atoms with Crippen LogP contribution in [0.2, 0.25) is 0 Å². The largest absolute Gasteiger partial charge is 0.423 e. The Balaban J connectivity index is 1.83. The molecule has 0 aromatic heterocycles. The van der Waals surface area contributed by atoms with Crippen molar-refractivity contribution in [3.63, 3.8) is 0 Å². The highest BCUT2D eigenvalue weighted by Gasteiger charge is 2.12. The molecule has 0 aliphatic carbocycles. The van der Waals surface area contributed by atoms with Crippen molar-refractivity contribution in [3.8, 4) is 136 Å². The molecular formula is C39H17NO3. The second-order valence-corrected chi connectivity index (χ2v) is 7.40. The van der Waals surface area contributed by atoms with E-state index in [2.05, 4.69) is 136 Å². The highest BCUT2D eigenvalue weighted by Crippen LogP contribution is 2.22. The third-order valence-corrected chi connectivity index (χ3v) is 4.54. The zero-order valence-corrected chi connectivity index (χ0v) is 23.3. The molecule has 0 unspecified atom stereocenters. The summed E-state index contributed by atoms with van der Waals surface area (Å²) in [4.78, 5) is 24.7. The maximum absolute atomic E-state index is 12.5. The highest BCUT2D eigenvalue weighted by atomic mass is 16.5. The Morgan fingerprint density at radius 3 is 1.42 bits per heavy atom. The minimum absolute atomic E-state index is 0.302. The van der Waals surface area contributed by atoms with Crippen molar-refractivity contribution in [1.29, 1.82) is 0 Å². The first-order chi connectivity index (χ1) is 21.0. The van der Waals surface area contributed by atoms with Gasteiger partial charge in [-0.3, -0.25) is 4.79 Å². The Bertz CT molecular complexity index is 2140. The lowest BCUT2D eigenvalue weighted by atomic mass is 10.1. The van der Waals surface area contributed by atoms with Gasteiger partial charge in [0, 0.05) is 42.0 Å². The molecule has 0 radical (unpaired) electrons. The van der Waals surface area contributed by atoms with Gasteiger partial charge in [0.05, 0.1) is 5.56 Å². The van der Waals surface area contributed by atoms with Crippen LogP contribution in [0.25, 0.3) is 0 Å². The molecule has 0 heterocycles. The summed E-state index contributed by atoms with van der Waals surface area (Å²) >= 11 is 0. The molecule has 1 N–H and O–H groups in total. The maximum atomic E-state index is 12.5. The molecule has 0 bridgehead atoms. The maximum Gasteiger partial charge on any atom is 0.343 e. The Morgan fingerprint density at radius 1 is 0.581 bits per heavy atom. The molecule has 196 valence electrons. The predicted molar refractivity (Wildman–Crippen MR) is 168 cm³/mol. The summed E-state index contributed by atoms with van der Waals surface area (Å²) in [5.41, 5.74) is 2.34. The number of anilines is 1. The van der Waals surface area contributed by atoms with E-state index in [-0.39, 0.29) is 0 Å². The second kappa shape index (κ2) is 19.6. The molecule has 2 aromatic rings. The third kappa shape index (κ3) is 13.2. The van der Waals surface area contributed by atoms with Gasteiger partial charge in [0.25, 0.3) is 0 Å². The first kappa shape index (κ1) is 31.8. The molecule has 0 fully saturated rings. The lowest BCUT2D eigenvalue weighted by Crippen LogP contribution is -2.09. The number of hydrogen-bond donors (Lipinski definition) is 1. The van der Waals surface area contributed by atoms with Crippen molar-refractivity contribution in [3.05, 3.63) is 59.2 Å². The number of Topliss-reactive ketones (excluding diaryl/α,β-unsaturated/α-hetero) is 1. The first-order valence-electron chi connectivity index (χ1n) is 12.1. The average molecular weight is 548 g/mol. The number of hydrogen-bond acceptors (Lipinski definition) is 4. The molecule has 2 rings (SSSR count). The first-order valence-corrected chi connectivity index (χ1v) is 12.1. The minimum Gasteiger partial charge on any atom is -0.423 e. The number of ketones is 1. The van der Waals surface area contributed by atoms with Crippen LogP contribution >= 0.6 is 0 Å². The molecule has 0 aliphatic rings. The van der Waals surface area contributed by atoms with Crippen molar-refractivity contribution in [1.82, 2.24) is 0 Å². The monoisotopic (exact) mass is 547 g/mol. The lowest BCUT2D eigenvalue weighted by molar-refractivity contribution is 0.0733. The molecule has 43 heavy (non-hydrogen) atoms. The topological polar surface area (TPSA) is 55.4 Å². The van der Waals surface area contributed by atoms with Gasteiger partial charge in [-0.2, -0.15) is 0 Å². The summed E-state index contributed by atoms with van der Waals surface area (Å²) in [6.45, 7) is 3.53. The quantitative estimate of drug-likeness (QED) is 0.209. The van der Waals surface area contributed by atoms with Crippen LogP contribution in [0, 0.1) is 137 Å². The number of esters is 1. The van der Waals surface area contributed by atoms with Crippen molar-refractivity contribution < 1.29 is 14.3 Å². The van der Waals surface area contributed by atoms with Gasteiger partial charge in [-0.15, -0.1) is 0 Å². The van der Waals surface area contributed by atoms with Crippen LogP contribution in [0.3, 0.4) is 0 Å². The minimum atomic E-state index is -0.532. The summed E-state index contributed by atoms with van der Waals surface area (Å²) in [7, 11) is 1.81. The van der Waals surface area contributed by atoms with E-state index < -0.39 is 11.8 Å². The van der Waals surface area contributed by atoms with Crippen LogP contribution < -0.4 is 10.1 Å². The SMILES string of the molecule is CC#CC#CC#CC#CC#CC#CC#CC#CC#CC#CC#CC(=O)c1ccc(C(=O)Oc2ccc(NC)cc2C)cc1. The van der Waals surface area contributed by atoms with Gasteiger partial charge in [0.2, 0.25) is 5.78 Å². The Morgan fingerprint density at radius 2 is 1.00 bits per heavy atom. The summed E-state index contributed by atoms with van der Waals surface area (Å²) in [6, 6.07) is 11.4. The van der Waals surface area contributed by atoms with Crippen LogP contribution in [0.5, 0.6) is 5.75 Å². The van der Waals surface area contributed by atoms with Gasteiger partial charge in [0.15, 0.2) is 0 Å². The third-order valence-electron chi connectivity index (χ3n) is 4.54. The molecule has 0 saturated carbocycles. The zero-order valence-electron chi connectivity index (χ0n) is 23.3. The van der Waals surface area contributed by atoms with Gasteiger partial charge >= 0.3 is 5.97 Å². The fourth-order valence-electron chi connectivity index (χ4n) is 2.62. The Hall–Kier alpha value is -7.46. The molecule has 4 heteroatoms. The van der Waals surface area contributed by atoms with E-state index in [0.29, 0.717) is 16.9 Å². The van der Waals surface area contributed by atoms with Crippen LogP contribution in [0.15, 0.2) is 42.5 Å². The van der Waals surface area contributed by atoms with Crippen molar-refractivity contribution in [2.45, 2.75) is 13.8 Å². The summed E-state index contributed by atoms with van der Waals surface area (Å²) in [5.74, 6) is 54.4. The number of aryl methyl sites for hydroxylation is 1. The summed E-state index contributed by atoms with van der Waals surface area (Å²) < 4.78 is 5.46. The number of carbonyl (C=O) groups is 2. The molecule has 0 spiro atoms. The van der Waals surface area contributed by atoms with E-state index in [4.69, 9.17) is 4.74 Å². The standard InChI is InChI=1S/C39H17NO3/c1-4-5-6-7-8-9-10-11-12-13-14-15-16-17-18-19-20-21-22-23-24-25-37(41)34-26-28-35(29-27-34)39(42)43-38-31-30-36(40-3)32-33(38)2/h26-32,40H,1-3H3. The molecular weight excluding hydrogens is 530 g/mol. The lowest BCUT2D eigenvalue weighted by Gasteiger charge is -2.09. The highest BCUT2D eigenvalue weighted by molar-refractivity contribution is 6.09. The zero-order chi connectivity index (χ0) is 31.0. The fourth-order valence-corrected chi connectivity index (χ4v) is 2.62. The average Bonchev–Trinajstić information content (AvgIpc) is 3.02. The van der Waals surface area contributed by atoms with Gasteiger partial charge < -0.3 is 10.1 Å². The van der Waals surface area contributed by atoms with E-state index in [1.165, 1.54) is 24.3 Å². The molecule has 2 aromatic carbocycles. The van der Waals surface area contributed by atoms with Crippen molar-refractivity contribution in [2.24, 2.45) is 0 Å². The van der Waals surface area contributed by atoms with Gasteiger partial charge in [-0.1, -0.05) is 5.92 Å². The van der Waals surface area contributed by atoms with E-state index in [0.717, 1.165) is 11.3 Å². The summed E-state index contributed by atoms with van der Waals surface area (Å²) in [6.07, 6.45) is 0. The van der Waals surface area contributed by atoms with Crippen LogP contribution in [0.4, 0.5) is 5.69 Å². The fraction of sp³-hybridized carbons (Fsp3) is 0.0769. The van der Waals surface area contributed by atoms with Crippen molar-refractivity contribution in [2.75, 3.05) is 12.4 Å². The van der Waals surface area contributed by atoms with E-state index in [1.807, 2.05) is 26.1 Å². The van der Waals surface area contributed by atoms with E-state index >= 15 is 0 Å². The second-order valence-electron chi connectivity index (χ2n) is 7.40. The number of ether oxygens (including phenoxy) is 1. The molecule has 0 aliphatic heterocycles. The number of nitrogens with one attached hydrogen (secondary N) is 1. The molecule has 0 amide bonds. The van der Waals surface area contributed by atoms with Crippen molar-refractivity contribution >= 4 is 17.4 Å². The normalized spacial score (nSPS) is 6.95. The number of benzene rings is 2. The van der Waals surface area contributed by atoms with E-state index in [1.54, 1.807) is 13.0 Å². The smallest absolute Gasteiger partial charge is 0.343 e. The van der Waals surface area contributed by atoms with Crippen LogP contribution in [-0.2, 0) is 0 Å². The van der Waals surface area contributed by atoms with Crippen LogP contribution in [0.1, 0.15) is 33.2 Å². The summed E-state index contributed by atoms with van der Waals surface area (Å²) in [5, 5.41) is 3.02. The van der Waals surface area contributed by atoms with E-state index in [9.17, 15) is 9.59 Å². The predicted octanol–water partition coefficient (Wildman–Crippen LogP) is 3.50. The molecule has 0 saturated heterocycles. The number of rotatable bonds is 4. The van der Waals surface area contributed by atoms with Gasteiger partial charge in [-0.25, -0.2) is 4.79 Å². The Labute approximate surface area is 252 Å². The molecule has 4 nitrogen and oxygen atoms in total. The Kier molecular flexibility index (Phi) is 14.5. The number of carbonyl (C=O) groups excluding carboxylic acids is 2. The van der Waals surface area contributed by atoms with Gasteiger partial charge in [0.1, 0.15) is 5.75 Å². The van der Waals surface area contributed by atoms with Crippen LogP contribution in [-0.4, -0.2) is 18.8 Å². The molecule has 0 atom stereocenters.